The lowest BCUT2D eigenvalue weighted by Crippen LogP contribution is -2.24. The Morgan fingerprint density at radius 1 is 1.11 bits per heavy atom. The Hall–Kier alpha value is -3.62. The van der Waals surface area contributed by atoms with Crippen LogP contribution in [0.15, 0.2) is 47.6 Å². The van der Waals surface area contributed by atoms with E-state index in [1.807, 2.05) is 0 Å². The van der Waals surface area contributed by atoms with Crippen LogP contribution in [0.2, 0.25) is 0 Å². The molecule has 27 heavy (non-hydrogen) atoms. The second-order valence-electron chi connectivity index (χ2n) is 5.18. The van der Waals surface area contributed by atoms with Crippen molar-refractivity contribution in [2.24, 2.45) is 10.8 Å². The van der Waals surface area contributed by atoms with Crippen LogP contribution in [0, 0.1) is 5.82 Å². The van der Waals surface area contributed by atoms with Crippen LogP contribution >= 0.6 is 0 Å². The third-order valence-corrected chi connectivity index (χ3v) is 3.16. The number of hydrogen-bond acceptors (Lipinski definition) is 6. The van der Waals surface area contributed by atoms with E-state index in [9.17, 15) is 14.0 Å². The number of nitrogens with zero attached hydrogens (tertiary/aromatic N) is 1. The minimum absolute atomic E-state index is 0.0204. The standard InChI is InChI=1S/C18H18FN3O5/c1-25-16-8-12(6-7-15(16)26-10-17(20)23)9-21-22-18(24)11-27-14-5-3-2-4-13(14)19/h2-9H,10-11H2,1H3,(H2,20,23)(H,22,24)/b21-9-. The summed E-state index contributed by atoms with van der Waals surface area (Å²) in [5.41, 5.74) is 7.90. The molecule has 2 amide bonds. The van der Waals surface area contributed by atoms with Gasteiger partial charge in [0.25, 0.3) is 11.8 Å². The SMILES string of the molecule is COc1cc(/C=N\NC(=O)COc2ccccc2F)ccc1OCC(N)=O. The summed E-state index contributed by atoms with van der Waals surface area (Å²) >= 11 is 0. The zero-order valence-electron chi connectivity index (χ0n) is 14.5. The number of halogens is 1. The first kappa shape index (κ1) is 19.7. The normalized spacial score (nSPS) is 10.4. The van der Waals surface area contributed by atoms with Crippen molar-refractivity contribution in [2.75, 3.05) is 20.3 Å². The maximum absolute atomic E-state index is 13.4. The van der Waals surface area contributed by atoms with Gasteiger partial charge >= 0.3 is 0 Å². The number of primary amides is 1. The van der Waals surface area contributed by atoms with E-state index < -0.39 is 17.6 Å². The number of methoxy groups -OCH3 is 1. The predicted molar refractivity (Wildman–Crippen MR) is 95.3 cm³/mol. The second kappa shape index (κ2) is 9.76. The lowest BCUT2D eigenvalue weighted by atomic mass is 10.2. The van der Waals surface area contributed by atoms with E-state index in [2.05, 4.69) is 10.5 Å². The van der Waals surface area contributed by atoms with Gasteiger partial charge in [-0.15, -0.1) is 0 Å². The number of nitrogens with two attached hydrogens (primary N) is 1. The Balaban J connectivity index is 1.88. The first-order valence-electron chi connectivity index (χ1n) is 7.78. The number of carbonyl (C=O) groups excluding carboxylic acids is 2. The number of amides is 2. The number of carbonyl (C=O) groups is 2. The van der Waals surface area contributed by atoms with Gasteiger partial charge in [-0.1, -0.05) is 12.1 Å². The fraction of sp³-hybridized carbons (Fsp3) is 0.167. The van der Waals surface area contributed by atoms with Crippen molar-refractivity contribution in [2.45, 2.75) is 0 Å². The van der Waals surface area contributed by atoms with E-state index in [1.165, 1.54) is 31.5 Å². The molecule has 0 bridgehead atoms. The molecule has 0 saturated heterocycles. The highest BCUT2D eigenvalue weighted by atomic mass is 19.1. The summed E-state index contributed by atoms with van der Waals surface area (Å²) in [5, 5.41) is 3.79. The number of benzene rings is 2. The molecule has 0 saturated carbocycles. The van der Waals surface area contributed by atoms with Crippen molar-refractivity contribution < 1.29 is 28.2 Å². The average molecular weight is 375 g/mol. The van der Waals surface area contributed by atoms with Crippen LogP contribution < -0.4 is 25.4 Å². The molecule has 0 fully saturated rings. The van der Waals surface area contributed by atoms with Crippen LogP contribution in [0.4, 0.5) is 4.39 Å². The quantitative estimate of drug-likeness (QED) is 0.506. The fourth-order valence-electron chi connectivity index (χ4n) is 1.95. The first-order valence-corrected chi connectivity index (χ1v) is 7.78. The molecule has 0 aliphatic carbocycles. The lowest BCUT2D eigenvalue weighted by Gasteiger charge is -2.09. The zero-order chi connectivity index (χ0) is 19.6. The minimum Gasteiger partial charge on any atom is -0.493 e. The topological polar surface area (TPSA) is 112 Å². The van der Waals surface area contributed by atoms with E-state index in [0.717, 1.165) is 0 Å². The van der Waals surface area contributed by atoms with Gasteiger partial charge in [0.2, 0.25) is 0 Å². The lowest BCUT2D eigenvalue weighted by molar-refractivity contribution is -0.123. The van der Waals surface area contributed by atoms with Gasteiger partial charge < -0.3 is 19.9 Å². The Kier molecular flexibility index (Phi) is 7.12. The molecule has 0 aliphatic heterocycles. The molecule has 0 atom stereocenters. The highest BCUT2D eigenvalue weighted by Gasteiger charge is 2.07. The molecule has 142 valence electrons. The van der Waals surface area contributed by atoms with E-state index >= 15 is 0 Å². The number of nitrogens with one attached hydrogen (secondary N) is 1. The van der Waals surface area contributed by atoms with Crippen molar-refractivity contribution in [3.8, 4) is 17.2 Å². The van der Waals surface area contributed by atoms with Crippen molar-refractivity contribution >= 4 is 18.0 Å². The molecular formula is C18H18FN3O5. The summed E-state index contributed by atoms with van der Waals surface area (Å²) in [6.07, 6.45) is 1.38. The zero-order valence-corrected chi connectivity index (χ0v) is 14.5. The summed E-state index contributed by atoms with van der Waals surface area (Å²) in [6, 6.07) is 10.6. The number of ether oxygens (including phenoxy) is 3. The van der Waals surface area contributed by atoms with Gasteiger partial charge in [-0.3, -0.25) is 9.59 Å². The molecule has 2 rings (SSSR count). The molecule has 3 N–H and O–H groups in total. The molecule has 0 aromatic heterocycles. The van der Waals surface area contributed by atoms with Gasteiger partial charge in [0.1, 0.15) is 0 Å². The smallest absolute Gasteiger partial charge is 0.277 e. The summed E-state index contributed by atoms with van der Waals surface area (Å²) in [7, 11) is 1.44. The third kappa shape index (κ3) is 6.31. The van der Waals surface area contributed by atoms with Gasteiger partial charge in [0, 0.05) is 0 Å². The predicted octanol–water partition coefficient (Wildman–Crippen LogP) is 1.23. The number of para-hydroxylation sites is 1. The van der Waals surface area contributed by atoms with Crippen LogP contribution in [0.1, 0.15) is 5.56 Å². The highest BCUT2D eigenvalue weighted by Crippen LogP contribution is 2.27. The Labute approximate surface area is 154 Å². The monoisotopic (exact) mass is 375 g/mol. The molecule has 2 aromatic rings. The molecule has 0 aliphatic rings. The minimum atomic E-state index is -0.608. The van der Waals surface area contributed by atoms with E-state index in [0.29, 0.717) is 17.1 Å². The highest BCUT2D eigenvalue weighted by molar-refractivity contribution is 5.83. The first-order chi connectivity index (χ1) is 13.0. The Bertz CT molecular complexity index is 841. The van der Waals surface area contributed by atoms with Gasteiger partial charge in [-0.2, -0.15) is 5.10 Å². The van der Waals surface area contributed by atoms with Gasteiger partial charge in [0.15, 0.2) is 36.3 Å². The van der Waals surface area contributed by atoms with Gasteiger partial charge in [-0.05, 0) is 35.9 Å². The molecule has 0 radical (unpaired) electrons. The summed E-state index contributed by atoms with van der Waals surface area (Å²) in [6.45, 7) is -0.663. The van der Waals surface area contributed by atoms with Crippen molar-refractivity contribution in [1.29, 1.82) is 0 Å². The van der Waals surface area contributed by atoms with Crippen molar-refractivity contribution in [3.63, 3.8) is 0 Å². The van der Waals surface area contributed by atoms with E-state index in [-0.39, 0.29) is 19.0 Å². The molecular weight excluding hydrogens is 357 g/mol. The van der Waals surface area contributed by atoms with E-state index in [4.69, 9.17) is 19.9 Å². The van der Waals surface area contributed by atoms with Crippen LogP contribution in [-0.4, -0.2) is 38.4 Å². The molecule has 9 heteroatoms. The summed E-state index contributed by atoms with van der Waals surface area (Å²) in [5.74, 6) is -1.02. The molecule has 0 unspecified atom stereocenters. The van der Waals surface area contributed by atoms with Crippen LogP contribution in [0.5, 0.6) is 17.2 Å². The third-order valence-electron chi connectivity index (χ3n) is 3.16. The summed E-state index contributed by atoms with van der Waals surface area (Å²) < 4.78 is 28.8. The van der Waals surface area contributed by atoms with Gasteiger partial charge in [0.05, 0.1) is 13.3 Å². The van der Waals surface area contributed by atoms with Crippen LogP contribution in [0.3, 0.4) is 0 Å². The largest absolute Gasteiger partial charge is 0.493 e. The Morgan fingerprint density at radius 3 is 2.56 bits per heavy atom. The average Bonchev–Trinajstić information content (AvgIpc) is 2.66. The number of rotatable bonds is 9. The van der Waals surface area contributed by atoms with Crippen molar-refractivity contribution in [1.82, 2.24) is 5.43 Å². The maximum Gasteiger partial charge on any atom is 0.277 e. The molecule has 8 nitrogen and oxygen atoms in total. The number of hydrazone groups is 1. The molecule has 0 heterocycles. The molecule has 0 spiro atoms. The van der Waals surface area contributed by atoms with E-state index in [1.54, 1.807) is 24.3 Å². The van der Waals surface area contributed by atoms with Crippen molar-refractivity contribution in [3.05, 3.63) is 53.8 Å². The van der Waals surface area contributed by atoms with Crippen LogP contribution in [0.25, 0.3) is 0 Å². The molecule has 2 aromatic carbocycles. The number of hydrogen-bond donors (Lipinski definition) is 2. The fourth-order valence-corrected chi connectivity index (χ4v) is 1.95. The maximum atomic E-state index is 13.4. The second-order valence-corrected chi connectivity index (χ2v) is 5.18. The van der Waals surface area contributed by atoms with Gasteiger partial charge in [-0.25, -0.2) is 9.82 Å². The Morgan fingerprint density at radius 2 is 1.85 bits per heavy atom. The van der Waals surface area contributed by atoms with Crippen LogP contribution in [-0.2, 0) is 9.59 Å². The summed E-state index contributed by atoms with van der Waals surface area (Å²) in [4.78, 5) is 22.5.